The van der Waals surface area contributed by atoms with Gasteiger partial charge in [0, 0.05) is 17.5 Å². The van der Waals surface area contributed by atoms with Crippen LogP contribution in [0.1, 0.15) is 11.3 Å². The first-order valence-corrected chi connectivity index (χ1v) is 9.59. The summed E-state index contributed by atoms with van der Waals surface area (Å²) in [6.45, 7) is 2.12. The predicted molar refractivity (Wildman–Crippen MR) is 117 cm³/mol. The normalized spacial score (nSPS) is 15.5. The van der Waals surface area contributed by atoms with E-state index in [9.17, 15) is 0 Å². The molecule has 0 bridgehead atoms. The molecule has 0 saturated heterocycles. The van der Waals surface area contributed by atoms with Crippen molar-refractivity contribution in [2.24, 2.45) is 5.10 Å². The summed E-state index contributed by atoms with van der Waals surface area (Å²) in [7, 11) is 0. The zero-order chi connectivity index (χ0) is 19.6. The number of aryl methyl sites for hydroxylation is 1. The number of fused-ring (bicyclic) bond motifs is 1. The highest BCUT2D eigenvalue weighted by atomic mass is 16.5. The number of quaternary nitrogens is 1. The van der Waals surface area contributed by atoms with Crippen LogP contribution in [0.2, 0.25) is 0 Å². The maximum atomic E-state index is 5.87. The molecular weight excluding hydrogens is 358 g/mol. The second kappa shape index (κ2) is 7.34. The number of pyridine rings is 1. The average Bonchev–Trinajstić information content (AvgIpc) is 3.25. The van der Waals surface area contributed by atoms with Crippen molar-refractivity contribution in [2.45, 2.75) is 6.92 Å². The lowest BCUT2D eigenvalue weighted by molar-refractivity contribution is -0.778. The van der Waals surface area contributed by atoms with Crippen molar-refractivity contribution in [1.82, 2.24) is 4.98 Å². The van der Waals surface area contributed by atoms with Crippen LogP contribution in [0.5, 0.6) is 11.5 Å². The zero-order valence-electron chi connectivity index (χ0n) is 16.0. The van der Waals surface area contributed by atoms with E-state index >= 15 is 0 Å². The second-order valence-corrected chi connectivity index (χ2v) is 7.02. The van der Waals surface area contributed by atoms with Gasteiger partial charge in [-0.3, -0.25) is 0 Å². The molecule has 1 aliphatic heterocycles. The molecule has 0 saturated carbocycles. The van der Waals surface area contributed by atoms with E-state index in [-0.39, 0.29) is 0 Å². The van der Waals surface area contributed by atoms with Crippen molar-refractivity contribution in [2.75, 3.05) is 0 Å². The summed E-state index contributed by atoms with van der Waals surface area (Å²) in [6, 6.07) is 28.1. The van der Waals surface area contributed by atoms with E-state index in [0.29, 0.717) is 0 Å². The van der Waals surface area contributed by atoms with E-state index in [1.165, 1.54) is 10.9 Å². The van der Waals surface area contributed by atoms with Crippen LogP contribution in [-0.4, -0.2) is 11.2 Å². The van der Waals surface area contributed by atoms with E-state index in [0.717, 1.165) is 39.0 Å². The molecule has 1 N–H and O–H groups in total. The van der Waals surface area contributed by atoms with E-state index in [2.05, 4.69) is 36.4 Å². The number of rotatable bonds is 4. The first-order valence-electron chi connectivity index (χ1n) is 9.59. The Kier molecular flexibility index (Phi) is 4.39. The third kappa shape index (κ3) is 3.53. The highest BCUT2D eigenvalue weighted by Crippen LogP contribution is 2.23. The second-order valence-electron chi connectivity index (χ2n) is 7.02. The Morgan fingerprint density at radius 3 is 2.34 bits per heavy atom. The van der Waals surface area contributed by atoms with Gasteiger partial charge >= 0.3 is 0 Å². The topological polar surface area (TPSA) is 38.9 Å². The monoisotopic (exact) mass is 378 g/mol. The molecule has 4 nitrogen and oxygen atoms in total. The Morgan fingerprint density at radius 2 is 1.52 bits per heavy atom. The van der Waals surface area contributed by atoms with Crippen molar-refractivity contribution in [1.29, 1.82) is 0 Å². The number of hydrogen-bond acceptors (Lipinski definition) is 3. The molecule has 0 amide bonds. The fraction of sp³-hybridized carbons (Fsp3) is 0.0400. The van der Waals surface area contributed by atoms with Gasteiger partial charge in [-0.25, -0.2) is 4.98 Å². The van der Waals surface area contributed by atoms with Gasteiger partial charge < -0.3 is 4.74 Å². The number of ether oxygens (including phenoxy) is 1. The molecule has 1 atom stereocenters. The zero-order valence-corrected chi connectivity index (χ0v) is 16.0. The maximum absolute atomic E-state index is 5.87. The van der Waals surface area contributed by atoms with Gasteiger partial charge in [-0.2, -0.15) is 5.01 Å². The minimum absolute atomic E-state index is 0.804. The Balaban J connectivity index is 1.38. The average molecular weight is 378 g/mol. The van der Waals surface area contributed by atoms with Crippen LogP contribution in [0.3, 0.4) is 0 Å². The molecule has 5 rings (SSSR count). The van der Waals surface area contributed by atoms with Gasteiger partial charge in [0.05, 0.1) is 23.0 Å². The fourth-order valence-electron chi connectivity index (χ4n) is 3.47. The summed E-state index contributed by atoms with van der Waals surface area (Å²) in [5, 5.41) is 6.72. The predicted octanol–water partition coefficient (Wildman–Crippen LogP) is 4.89. The number of aromatic nitrogens is 1. The fourth-order valence-corrected chi connectivity index (χ4v) is 3.47. The van der Waals surface area contributed by atoms with Crippen LogP contribution in [0.25, 0.3) is 16.5 Å². The van der Waals surface area contributed by atoms with Crippen LogP contribution >= 0.6 is 0 Å². The van der Waals surface area contributed by atoms with Crippen molar-refractivity contribution < 1.29 is 9.75 Å². The lowest BCUT2D eigenvalue weighted by atomic mass is 10.1. The lowest BCUT2D eigenvalue weighted by Crippen LogP contribution is -2.96. The van der Waals surface area contributed by atoms with Gasteiger partial charge in [0.1, 0.15) is 17.7 Å². The molecule has 0 aliphatic carbocycles. The molecule has 0 spiro atoms. The molecule has 1 aromatic heterocycles. The van der Waals surface area contributed by atoms with Gasteiger partial charge in [0.25, 0.3) is 0 Å². The molecule has 29 heavy (non-hydrogen) atoms. The van der Waals surface area contributed by atoms with Crippen LogP contribution in [0, 0.1) is 6.92 Å². The van der Waals surface area contributed by atoms with Crippen molar-refractivity contribution in [3.8, 4) is 11.5 Å². The number of para-hydroxylation sites is 2. The van der Waals surface area contributed by atoms with Gasteiger partial charge in [0.2, 0.25) is 0 Å². The number of benzene rings is 3. The molecule has 1 unspecified atom stereocenters. The van der Waals surface area contributed by atoms with Gasteiger partial charge in [-0.1, -0.05) is 41.5 Å². The third-order valence-electron chi connectivity index (χ3n) is 4.98. The van der Waals surface area contributed by atoms with Crippen LogP contribution in [0.4, 0.5) is 5.69 Å². The third-order valence-corrected chi connectivity index (χ3v) is 4.98. The van der Waals surface area contributed by atoms with Crippen molar-refractivity contribution in [3.63, 3.8) is 0 Å². The standard InChI is InChI=1S/C25H19N3O/c1-18-15-25(27-24-10-6-5-9-23(18)24)19-16-26-28(17-19)20-11-13-22(14-12-20)29-21-7-3-2-4-8-21/h2-17H,1H3/p+1. The Bertz CT molecular complexity index is 1230. The summed E-state index contributed by atoms with van der Waals surface area (Å²) in [4.78, 5) is 4.81. The minimum atomic E-state index is 0.804. The molecule has 4 aromatic rings. The van der Waals surface area contributed by atoms with E-state index in [1.807, 2.05) is 72.9 Å². The van der Waals surface area contributed by atoms with E-state index in [1.54, 1.807) is 0 Å². The maximum Gasteiger partial charge on any atom is 0.162 e. The number of allylic oxidation sites excluding steroid dienone is 1. The van der Waals surface area contributed by atoms with Gasteiger partial charge in [0.15, 0.2) is 5.69 Å². The highest BCUT2D eigenvalue weighted by molar-refractivity contribution is 6.10. The SMILES string of the molecule is Cc1cc(C2=C[NH+](c3ccc(Oc4ccccc4)cc3)N=C2)nc2ccccc12. The van der Waals surface area contributed by atoms with Crippen LogP contribution in [-0.2, 0) is 0 Å². The van der Waals surface area contributed by atoms with Gasteiger partial charge in [-0.05, 0) is 48.9 Å². The summed E-state index contributed by atoms with van der Waals surface area (Å²) in [5.41, 5.74) is 5.25. The first-order chi connectivity index (χ1) is 14.3. The Labute approximate surface area is 169 Å². The van der Waals surface area contributed by atoms with Crippen LogP contribution in [0.15, 0.2) is 96.2 Å². The van der Waals surface area contributed by atoms with Crippen LogP contribution < -0.4 is 9.75 Å². The highest BCUT2D eigenvalue weighted by Gasteiger charge is 2.19. The molecule has 1 aliphatic rings. The largest absolute Gasteiger partial charge is 0.457 e. The minimum Gasteiger partial charge on any atom is -0.457 e. The molecule has 0 fully saturated rings. The smallest absolute Gasteiger partial charge is 0.162 e. The molecule has 140 valence electrons. The number of nitrogens with zero attached hydrogens (tertiary/aromatic N) is 2. The van der Waals surface area contributed by atoms with Crippen molar-refractivity contribution >= 4 is 28.4 Å². The van der Waals surface area contributed by atoms with E-state index < -0.39 is 0 Å². The molecule has 4 heteroatoms. The number of hydrogen-bond donors (Lipinski definition) is 1. The Morgan fingerprint density at radius 1 is 0.793 bits per heavy atom. The van der Waals surface area contributed by atoms with Crippen molar-refractivity contribution in [3.05, 3.63) is 102 Å². The Hall–Kier alpha value is -3.76. The quantitative estimate of drug-likeness (QED) is 0.549. The van der Waals surface area contributed by atoms with Gasteiger partial charge in [-0.15, -0.1) is 0 Å². The first kappa shape index (κ1) is 17.3. The molecule has 2 heterocycles. The summed E-state index contributed by atoms with van der Waals surface area (Å²) in [6.07, 6.45) is 3.98. The molecule has 0 radical (unpaired) electrons. The molecule has 3 aromatic carbocycles. The summed E-state index contributed by atoms with van der Waals surface area (Å²) in [5.74, 6) is 1.63. The summed E-state index contributed by atoms with van der Waals surface area (Å²) >= 11 is 0. The van der Waals surface area contributed by atoms with E-state index in [4.69, 9.17) is 9.72 Å². The summed E-state index contributed by atoms with van der Waals surface area (Å²) < 4.78 is 5.87. The molecular formula is C25H20N3O+. The lowest BCUT2D eigenvalue weighted by Gasteiger charge is -2.07. The number of nitrogens with one attached hydrogen (secondary N) is 1.